The largest absolute Gasteiger partial charge is 0.395 e. The molecule has 2 N–H and O–H groups in total. The number of rotatable bonds is 5. The Morgan fingerprint density at radius 1 is 0.929 bits per heavy atom. The van der Waals surface area contributed by atoms with Gasteiger partial charge in [-0.1, -0.05) is 19.3 Å². The number of aliphatic hydroxyl groups excluding tert-OH is 2. The van der Waals surface area contributed by atoms with Crippen molar-refractivity contribution in [2.75, 3.05) is 26.3 Å². The summed E-state index contributed by atoms with van der Waals surface area (Å²) in [6, 6.07) is 0.605. The molecule has 14 heavy (non-hydrogen) atoms. The van der Waals surface area contributed by atoms with E-state index in [1.54, 1.807) is 0 Å². The zero-order valence-corrected chi connectivity index (χ0v) is 9.59. The van der Waals surface area contributed by atoms with E-state index in [0.717, 1.165) is 0 Å². The predicted octanol–water partition coefficient (Wildman–Crippen LogP) is 0.603. The molecule has 1 saturated carbocycles. The summed E-state index contributed by atoms with van der Waals surface area (Å²) in [6.07, 6.45) is 6.43. The van der Waals surface area contributed by atoms with Crippen molar-refractivity contribution < 1.29 is 26.7 Å². The summed E-state index contributed by atoms with van der Waals surface area (Å²) in [5.41, 5.74) is 0. The summed E-state index contributed by atoms with van der Waals surface area (Å²) in [7, 11) is 0. The number of nitrogens with zero attached hydrogens (tertiary/aromatic N) is 1. The van der Waals surface area contributed by atoms with Crippen LogP contribution in [-0.2, 0) is 16.5 Å². The Hall–Kier alpha value is 0.374. The van der Waals surface area contributed by atoms with Crippen molar-refractivity contribution in [3.05, 3.63) is 0 Å². The molecule has 1 aliphatic rings. The number of hydrogen-bond acceptors (Lipinski definition) is 3. The van der Waals surface area contributed by atoms with E-state index >= 15 is 0 Å². The predicted molar refractivity (Wildman–Crippen MR) is 52.6 cm³/mol. The third kappa shape index (κ3) is 4.74. The van der Waals surface area contributed by atoms with Crippen LogP contribution in [0.2, 0.25) is 0 Å². The Morgan fingerprint density at radius 3 is 1.86 bits per heavy atom. The number of aliphatic hydroxyl groups is 2. The first kappa shape index (κ1) is 14.4. The maximum atomic E-state index is 8.87. The van der Waals surface area contributed by atoms with Gasteiger partial charge in [-0.15, -0.1) is 0 Å². The maximum Gasteiger partial charge on any atom is 0.0558 e. The van der Waals surface area contributed by atoms with Crippen LogP contribution < -0.4 is 0 Å². The number of hydrogen-bond donors (Lipinski definition) is 2. The van der Waals surface area contributed by atoms with E-state index in [2.05, 4.69) is 4.90 Å². The molecule has 0 saturated heterocycles. The van der Waals surface area contributed by atoms with Crippen LogP contribution in [0.1, 0.15) is 32.1 Å². The van der Waals surface area contributed by atoms with E-state index in [4.69, 9.17) is 10.2 Å². The van der Waals surface area contributed by atoms with Gasteiger partial charge in [-0.05, 0) is 12.8 Å². The van der Waals surface area contributed by atoms with Gasteiger partial charge in [0.25, 0.3) is 0 Å². The van der Waals surface area contributed by atoms with Gasteiger partial charge in [0, 0.05) is 35.6 Å². The minimum absolute atomic E-state index is 0. The molecule has 0 bridgehead atoms. The van der Waals surface area contributed by atoms with Crippen LogP contribution in [0, 0.1) is 0 Å². The van der Waals surface area contributed by atoms with Crippen LogP contribution in [-0.4, -0.2) is 47.5 Å². The van der Waals surface area contributed by atoms with E-state index in [-0.39, 0.29) is 29.7 Å². The summed E-state index contributed by atoms with van der Waals surface area (Å²) in [6.45, 7) is 1.84. The standard InChI is InChI=1S/C10H21NO2.Ni/c12-8-6-11(7-9-13)10-4-2-1-3-5-10;/h10,12-13H,1-9H2;. The summed E-state index contributed by atoms with van der Waals surface area (Å²) in [5, 5.41) is 17.7. The van der Waals surface area contributed by atoms with E-state index < -0.39 is 0 Å². The van der Waals surface area contributed by atoms with Gasteiger partial charge in [-0.3, -0.25) is 4.90 Å². The first-order valence-electron chi connectivity index (χ1n) is 5.34. The van der Waals surface area contributed by atoms with Gasteiger partial charge in [0.2, 0.25) is 0 Å². The molecule has 0 aromatic heterocycles. The summed E-state index contributed by atoms with van der Waals surface area (Å²) in [5.74, 6) is 0. The summed E-state index contributed by atoms with van der Waals surface area (Å²) < 4.78 is 0. The van der Waals surface area contributed by atoms with E-state index in [0.29, 0.717) is 19.1 Å². The molecule has 0 radical (unpaired) electrons. The minimum Gasteiger partial charge on any atom is -0.395 e. The zero-order valence-electron chi connectivity index (χ0n) is 8.60. The molecule has 0 heterocycles. The van der Waals surface area contributed by atoms with E-state index in [9.17, 15) is 0 Å². The average molecular weight is 246 g/mol. The van der Waals surface area contributed by atoms with Crippen molar-refractivity contribution in [3.8, 4) is 0 Å². The molecule has 0 aromatic rings. The molecule has 1 aliphatic carbocycles. The quantitative estimate of drug-likeness (QED) is 0.698. The molecule has 0 unspecified atom stereocenters. The van der Waals surface area contributed by atoms with Gasteiger partial charge in [-0.25, -0.2) is 0 Å². The summed E-state index contributed by atoms with van der Waals surface area (Å²) >= 11 is 0. The molecule has 4 heteroatoms. The molecular weight excluding hydrogens is 225 g/mol. The van der Waals surface area contributed by atoms with Crippen molar-refractivity contribution in [1.29, 1.82) is 0 Å². The third-order valence-corrected chi connectivity index (χ3v) is 2.87. The van der Waals surface area contributed by atoms with Crippen molar-refractivity contribution in [2.45, 2.75) is 38.1 Å². The smallest absolute Gasteiger partial charge is 0.0558 e. The minimum atomic E-state index is 0. The van der Waals surface area contributed by atoms with Crippen molar-refractivity contribution in [1.82, 2.24) is 4.90 Å². The zero-order chi connectivity index (χ0) is 9.52. The van der Waals surface area contributed by atoms with Gasteiger partial charge in [0.05, 0.1) is 13.2 Å². The van der Waals surface area contributed by atoms with Gasteiger partial charge >= 0.3 is 0 Å². The van der Waals surface area contributed by atoms with Gasteiger partial charge < -0.3 is 10.2 Å². The fourth-order valence-electron chi connectivity index (χ4n) is 2.18. The average Bonchev–Trinajstić information content (AvgIpc) is 2.19. The van der Waals surface area contributed by atoms with Gasteiger partial charge in [0.15, 0.2) is 0 Å². The van der Waals surface area contributed by atoms with Crippen LogP contribution in [0.3, 0.4) is 0 Å². The SMILES string of the molecule is OCCN(CCO)C1CCCCC1.[Ni]. The van der Waals surface area contributed by atoms with E-state index in [1.807, 2.05) is 0 Å². The van der Waals surface area contributed by atoms with Crippen molar-refractivity contribution in [2.24, 2.45) is 0 Å². The first-order valence-corrected chi connectivity index (χ1v) is 5.34. The Morgan fingerprint density at radius 2 is 1.43 bits per heavy atom. The second-order valence-electron chi connectivity index (χ2n) is 3.78. The molecule has 88 valence electrons. The molecule has 0 spiro atoms. The molecule has 1 rings (SSSR count). The van der Waals surface area contributed by atoms with Crippen LogP contribution in [0.4, 0.5) is 0 Å². The second-order valence-corrected chi connectivity index (χ2v) is 3.78. The Kier molecular flexibility index (Phi) is 8.89. The Balaban J connectivity index is 0.00000169. The van der Waals surface area contributed by atoms with Crippen molar-refractivity contribution in [3.63, 3.8) is 0 Å². The fourth-order valence-corrected chi connectivity index (χ4v) is 2.18. The fraction of sp³-hybridized carbons (Fsp3) is 1.00. The molecule has 0 amide bonds. The topological polar surface area (TPSA) is 43.7 Å². The molecule has 0 aliphatic heterocycles. The Labute approximate surface area is 96.4 Å². The molecule has 0 atom stereocenters. The van der Waals surface area contributed by atoms with Crippen molar-refractivity contribution >= 4 is 0 Å². The van der Waals surface area contributed by atoms with Gasteiger partial charge in [-0.2, -0.15) is 0 Å². The molecule has 1 fully saturated rings. The summed E-state index contributed by atoms with van der Waals surface area (Å²) in [4.78, 5) is 2.22. The Bertz CT molecular complexity index is 123. The monoisotopic (exact) mass is 245 g/mol. The van der Waals surface area contributed by atoms with Crippen LogP contribution in [0.25, 0.3) is 0 Å². The normalized spacial score (nSPS) is 18.2. The maximum absolute atomic E-state index is 8.87. The van der Waals surface area contributed by atoms with Gasteiger partial charge in [0.1, 0.15) is 0 Å². The molecule has 0 aromatic carbocycles. The van der Waals surface area contributed by atoms with Crippen LogP contribution in [0.5, 0.6) is 0 Å². The first-order chi connectivity index (χ1) is 6.38. The van der Waals surface area contributed by atoms with E-state index in [1.165, 1.54) is 32.1 Å². The van der Waals surface area contributed by atoms with Crippen LogP contribution >= 0.6 is 0 Å². The molecular formula is C10H21NNiO2. The van der Waals surface area contributed by atoms with Crippen LogP contribution in [0.15, 0.2) is 0 Å². The third-order valence-electron chi connectivity index (χ3n) is 2.87. The molecule has 3 nitrogen and oxygen atoms in total. The second kappa shape index (κ2) is 8.66.